The van der Waals surface area contributed by atoms with Crippen molar-refractivity contribution < 1.29 is 4.74 Å². The predicted molar refractivity (Wildman–Crippen MR) is 70.7 cm³/mol. The zero-order chi connectivity index (χ0) is 12.8. The van der Waals surface area contributed by atoms with Crippen LogP contribution in [0.1, 0.15) is 4.88 Å². The molecule has 0 radical (unpaired) electrons. The van der Waals surface area contributed by atoms with E-state index >= 15 is 0 Å². The third kappa shape index (κ3) is 3.28. The van der Waals surface area contributed by atoms with Crippen molar-refractivity contribution >= 4 is 23.2 Å². The van der Waals surface area contributed by atoms with E-state index in [1.165, 1.54) is 12.0 Å². The van der Waals surface area contributed by atoms with E-state index in [4.69, 9.17) is 10.6 Å². The van der Waals surface area contributed by atoms with Crippen molar-refractivity contribution in [3.63, 3.8) is 0 Å². The monoisotopic (exact) mass is 266 g/mol. The Hall–Kier alpha value is -1.93. The van der Waals surface area contributed by atoms with Crippen molar-refractivity contribution in [2.24, 2.45) is 5.84 Å². The third-order valence-electron chi connectivity index (χ3n) is 2.16. The van der Waals surface area contributed by atoms with Crippen LogP contribution >= 0.6 is 11.3 Å². The number of ether oxygens (including phenoxy) is 1. The van der Waals surface area contributed by atoms with E-state index in [9.17, 15) is 0 Å². The number of anilines is 2. The third-order valence-corrected chi connectivity index (χ3v) is 3.10. The molecule has 0 bridgehead atoms. The number of nitrogen functional groups attached to an aromatic ring is 1. The molecule has 0 aliphatic carbocycles. The summed E-state index contributed by atoms with van der Waals surface area (Å²) in [6.07, 6.45) is 0.914. The van der Waals surface area contributed by atoms with E-state index in [0.717, 1.165) is 13.0 Å². The molecular formula is C10H14N6OS. The van der Waals surface area contributed by atoms with E-state index in [1.807, 2.05) is 6.07 Å². The lowest BCUT2D eigenvalue weighted by Crippen LogP contribution is -2.15. The number of hydrazine groups is 1. The lowest BCUT2D eigenvalue weighted by Gasteiger charge is -2.07. The van der Waals surface area contributed by atoms with Gasteiger partial charge in [0.15, 0.2) is 0 Å². The molecule has 2 aromatic heterocycles. The van der Waals surface area contributed by atoms with Crippen LogP contribution in [0.5, 0.6) is 6.01 Å². The lowest BCUT2D eigenvalue weighted by atomic mass is 10.3. The van der Waals surface area contributed by atoms with Gasteiger partial charge in [-0.25, -0.2) is 5.84 Å². The molecule has 4 N–H and O–H groups in total. The summed E-state index contributed by atoms with van der Waals surface area (Å²) in [5, 5.41) is 5.15. The summed E-state index contributed by atoms with van der Waals surface area (Å²) in [6.45, 7) is 0.734. The molecule has 0 saturated carbocycles. The SMILES string of the molecule is COc1nc(NN)nc(NCCc2cccs2)n1. The summed E-state index contributed by atoms with van der Waals surface area (Å²) in [7, 11) is 1.49. The maximum absolute atomic E-state index is 5.26. The fourth-order valence-electron chi connectivity index (χ4n) is 1.34. The lowest BCUT2D eigenvalue weighted by molar-refractivity contribution is 0.379. The van der Waals surface area contributed by atoms with Crippen LogP contribution in [-0.4, -0.2) is 28.6 Å². The summed E-state index contributed by atoms with van der Waals surface area (Å²) in [5.74, 6) is 5.96. The highest BCUT2D eigenvalue weighted by molar-refractivity contribution is 7.09. The first-order valence-electron chi connectivity index (χ1n) is 5.34. The Morgan fingerprint density at radius 1 is 1.33 bits per heavy atom. The normalized spacial score (nSPS) is 10.1. The van der Waals surface area contributed by atoms with E-state index in [0.29, 0.717) is 5.95 Å². The van der Waals surface area contributed by atoms with Gasteiger partial charge in [0.05, 0.1) is 7.11 Å². The predicted octanol–water partition coefficient (Wildman–Crippen LogP) is 0.882. The van der Waals surface area contributed by atoms with Crippen molar-refractivity contribution in [3.8, 4) is 6.01 Å². The van der Waals surface area contributed by atoms with Gasteiger partial charge in [0.1, 0.15) is 0 Å². The van der Waals surface area contributed by atoms with Crippen LogP contribution in [0.15, 0.2) is 17.5 Å². The minimum absolute atomic E-state index is 0.219. The molecule has 0 unspecified atom stereocenters. The first-order chi connectivity index (χ1) is 8.81. The number of hydrogen-bond donors (Lipinski definition) is 3. The van der Waals surface area contributed by atoms with Gasteiger partial charge in [0.25, 0.3) is 0 Å². The summed E-state index contributed by atoms with van der Waals surface area (Å²) < 4.78 is 4.95. The molecule has 0 fully saturated rings. The van der Waals surface area contributed by atoms with Gasteiger partial charge in [-0.3, -0.25) is 5.43 Å². The van der Waals surface area contributed by atoms with Crippen molar-refractivity contribution in [2.75, 3.05) is 24.4 Å². The van der Waals surface area contributed by atoms with Gasteiger partial charge >= 0.3 is 6.01 Å². The number of thiophene rings is 1. The van der Waals surface area contributed by atoms with Crippen LogP contribution in [-0.2, 0) is 6.42 Å². The molecule has 18 heavy (non-hydrogen) atoms. The molecule has 0 aromatic carbocycles. The Kier molecular flexibility index (Phi) is 4.26. The number of nitrogens with one attached hydrogen (secondary N) is 2. The Labute approximate surface area is 108 Å². The maximum Gasteiger partial charge on any atom is 0.322 e. The average molecular weight is 266 g/mol. The highest BCUT2D eigenvalue weighted by atomic mass is 32.1. The molecule has 7 nitrogen and oxygen atoms in total. The summed E-state index contributed by atoms with van der Waals surface area (Å²) in [6, 6.07) is 4.34. The molecule has 2 aromatic rings. The number of nitrogens with zero attached hydrogens (tertiary/aromatic N) is 3. The smallest absolute Gasteiger partial charge is 0.322 e. The number of methoxy groups -OCH3 is 1. The van der Waals surface area contributed by atoms with E-state index in [2.05, 4.69) is 37.1 Å². The Balaban J connectivity index is 1.95. The molecule has 0 aliphatic rings. The van der Waals surface area contributed by atoms with Crippen LogP contribution in [0.3, 0.4) is 0 Å². The van der Waals surface area contributed by atoms with E-state index < -0.39 is 0 Å². The van der Waals surface area contributed by atoms with Crippen LogP contribution in [0, 0.1) is 0 Å². The quantitative estimate of drug-likeness (QED) is 0.527. The number of hydrogen-bond acceptors (Lipinski definition) is 8. The molecule has 96 valence electrons. The van der Waals surface area contributed by atoms with Gasteiger partial charge in [-0.1, -0.05) is 6.07 Å². The van der Waals surface area contributed by atoms with Gasteiger partial charge in [-0.15, -0.1) is 11.3 Å². The summed E-state index contributed by atoms with van der Waals surface area (Å²) in [4.78, 5) is 13.4. The maximum atomic E-state index is 5.26. The van der Waals surface area contributed by atoms with Crippen molar-refractivity contribution in [2.45, 2.75) is 6.42 Å². The fraction of sp³-hybridized carbons (Fsp3) is 0.300. The molecule has 0 spiro atoms. The second-order valence-electron chi connectivity index (χ2n) is 3.37. The van der Waals surface area contributed by atoms with Crippen molar-refractivity contribution in [1.82, 2.24) is 15.0 Å². The first-order valence-corrected chi connectivity index (χ1v) is 6.22. The standard InChI is InChI=1S/C10H14N6OS/c1-17-10-14-8(13-9(15-10)16-11)12-5-4-7-3-2-6-18-7/h2-3,6H,4-5,11H2,1H3,(H2,12,13,14,15,16). The average Bonchev–Trinajstić information content (AvgIpc) is 2.91. The van der Waals surface area contributed by atoms with Crippen molar-refractivity contribution in [3.05, 3.63) is 22.4 Å². The highest BCUT2D eigenvalue weighted by Gasteiger charge is 2.05. The second-order valence-corrected chi connectivity index (χ2v) is 4.40. The van der Waals surface area contributed by atoms with Crippen LogP contribution in [0.25, 0.3) is 0 Å². The van der Waals surface area contributed by atoms with E-state index in [-0.39, 0.29) is 12.0 Å². The number of rotatable bonds is 6. The zero-order valence-electron chi connectivity index (χ0n) is 9.88. The first kappa shape index (κ1) is 12.5. The molecule has 0 amide bonds. The minimum Gasteiger partial charge on any atom is -0.467 e. The second kappa shape index (κ2) is 6.12. The van der Waals surface area contributed by atoms with Gasteiger partial charge in [0, 0.05) is 11.4 Å². The summed E-state index contributed by atoms with van der Waals surface area (Å²) in [5.41, 5.74) is 2.37. The molecule has 0 atom stereocenters. The molecule has 8 heteroatoms. The van der Waals surface area contributed by atoms with E-state index in [1.54, 1.807) is 11.3 Å². The summed E-state index contributed by atoms with van der Waals surface area (Å²) >= 11 is 1.72. The molecule has 0 aliphatic heterocycles. The topological polar surface area (TPSA) is 98.0 Å². The fourth-order valence-corrected chi connectivity index (χ4v) is 2.05. The Morgan fingerprint density at radius 3 is 2.83 bits per heavy atom. The van der Waals surface area contributed by atoms with Crippen LogP contribution in [0.4, 0.5) is 11.9 Å². The van der Waals surface area contributed by atoms with Crippen LogP contribution in [0.2, 0.25) is 0 Å². The molecule has 0 saturated heterocycles. The van der Waals surface area contributed by atoms with Gasteiger partial charge in [-0.2, -0.15) is 15.0 Å². The van der Waals surface area contributed by atoms with Gasteiger partial charge < -0.3 is 10.1 Å². The number of nitrogens with two attached hydrogens (primary N) is 1. The Morgan fingerprint density at radius 2 is 2.17 bits per heavy atom. The van der Waals surface area contributed by atoms with Gasteiger partial charge in [-0.05, 0) is 17.9 Å². The highest BCUT2D eigenvalue weighted by Crippen LogP contribution is 2.11. The molecule has 2 rings (SSSR count). The minimum atomic E-state index is 0.219. The zero-order valence-corrected chi connectivity index (χ0v) is 10.7. The molecule has 2 heterocycles. The van der Waals surface area contributed by atoms with Crippen LogP contribution < -0.4 is 21.3 Å². The largest absolute Gasteiger partial charge is 0.467 e. The van der Waals surface area contributed by atoms with Crippen molar-refractivity contribution in [1.29, 1.82) is 0 Å². The van der Waals surface area contributed by atoms with Gasteiger partial charge in [0.2, 0.25) is 11.9 Å². The number of aromatic nitrogens is 3. The Bertz CT molecular complexity index is 467. The molecular weight excluding hydrogens is 252 g/mol.